The number of nitriles is 1. The highest BCUT2D eigenvalue weighted by molar-refractivity contribution is 6.05. The Labute approximate surface area is 233 Å². The van der Waals surface area contributed by atoms with E-state index in [0.717, 1.165) is 35.4 Å². The number of piperidine rings is 1. The van der Waals surface area contributed by atoms with Gasteiger partial charge in [0.05, 0.1) is 23.7 Å². The number of likely N-dealkylation sites (tertiary alicyclic amines) is 1. The summed E-state index contributed by atoms with van der Waals surface area (Å²) in [5.74, 6) is 0.832. The summed E-state index contributed by atoms with van der Waals surface area (Å²) in [5.41, 5.74) is 3.95. The lowest BCUT2D eigenvalue weighted by Crippen LogP contribution is -2.48. The van der Waals surface area contributed by atoms with Crippen molar-refractivity contribution < 1.29 is 18.8 Å². The summed E-state index contributed by atoms with van der Waals surface area (Å²) in [6.07, 6.45) is 4.02. The molecule has 3 aromatic rings. The van der Waals surface area contributed by atoms with Gasteiger partial charge in [-0.1, -0.05) is 18.2 Å². The summed E-state index contributed by atoms with van der Waals surface area (Å²) in [7, 11) is 0. The van der Waals surface area contributed by atoms with Crippen LogP contribution < -0.4 is 9.80 Å². The zero-order valence-corrected chi connectivity index (χ0v) is 22.7. The van der Waals surface area contributed by atoms with Crippen molar-refractivity contribution in [3.63, 3.8) is 0 Å². The van der Waals surface area contributed by atoms with Crippen molar-refractivity contribution in [3.05, 3.63) is 77.0 Å². The summed E-state index contributed by atoms with van der Waals surface area (Å²) < 4.78 is 5.71. The van der Waals surface area contributed by atoms with Crippen molar-refractivity contribution in [1.82, 2.24) is 9.88 Å². The van der Waals surface area contributed by atoms with Crippen molar-refractivity contribution in [3.8, 4) is 6.07 Å². The van der Waals surface area contributed by atoms with Gasteiger partial charge >= 0.3 is 0 Å². The molecule has 0 saturated carbocycles. The molecule has 204 valence electrons. The second-order valence-electron chi connectivity index (χ2n) is 11.2. The minimum absolute atomic E-state index is 0.0574. The molecule has 0 bridgehead atoms. The Kier molecular flexibility index (Phi) is 6.41. The largest absolute Gasteiger partial charge is 0.446 e. The number of fused-ring (bicyclic) bond motifs is 2. The van der Waals surface area contributed by atoms with E-state index in [1.165, 1.54) is 0 Å². The number of rotatable bonds is 4. The first kappa shape index (κ1) is 25.8. The minimum atomic E-state index is -0.476. The van der Waals surface area contributed by atoms with E-state index in [2.05, 4.69) is 17.1 Å². The van der Waals surface area contributed by atoms with Crippen molar-refractivity contribution in [2.24, 2.45) is 5.92 Å². The predicted molar refractivity (Wildman–Crippen MR) is 148 cm³/mol. The Hall–Kier alpha value is -4.45. The third kappa shape index (κ3) is 4.53. The summed E-state index contributed by atoms with van der Waals surface area (Å²) in [5, 5.41) is 9.27. The van der Waals surface area contributed by atoms with Gasteiger partial charge in [-0.3, -0.25) is 14.4 Å². The average Bonchev–Trinajstić information content (AvgIpc) is 3.64. The number of carbonyl (C=O) groups excluding carboxylic acids is 3. The van der Waals surface area contributed by atoms with E-state index in [0.29, 0.717) is 43.2 Å². The van der Waals surface area contributed by atoms with Gasteiger partial charge in [0.1, 0.15) is 5.76 Å². The summed E-state index contributed by atoms with van der Waals surface area (Å²) in [6.45, 7) is 5.53. The maximum Gasteiger partial charge on any atom is 0.232 e. The average molecular weight is 538 g/mol. The second kappa shape index (κ2) is 9.94. The molecule has 0 N–H and O–H groups in total. The Morgan fingerprint density at radius 1 is 1.18 bits per heavy atom. The van der Waals surface area contributed by atoms with Crippen molar-refractivity contribution >= 4 is 29.1 Å². The molecule has 1 atom stereocenters. The number of hydrogen-bond acceptors (Lipinski definition) is 6. The van der Waals surface area contributed by atoms with Gasteiger partial charge in [-0.15, -0.1) is 0 Å². The van der Waals surface area contributed by atoms with Gasteiger partial charge in [-0.05, 0) is 48.2 Å². The minimum Gasteiger partial charge on any atom is -0.446 e. The molecule has 2 saturated heterocycles. The lowest BCUT2D eigenvalue weighted by atomic mass is 9.74. The Morgan fingerprint density at radius 2 is 1.98 bits per heavy atom. The van der Waals surface area contributed by atoms with E-state index in [4.69, 9.17) is 4.42 Å². The van der Waals surface area contributed by atoms with Crippen LogP contribution in [0.15, 0.2) is 53.1 Å². The third-order valence-corrected chi connectivity index (χ3v) is 8.62. The fourth-order valence-electron chi connectivity index (χ4n) is 6.47. The lowest BCUT2D eigenvalue weighted by molar-refractivity contribution is -0.130. The Bertz CT molecular complexity index is 1540. The van der Waals surface area contributed by atoms with Crippen LogP contribution in [0.3, 0.4) is 0 Å². The Balaban J connectivity index is 1.29. The number of aryl methyl sites for hydroxylation is 1. The zero-order chi connectivity index (χ0) is 28.0. The van der Waals surface area contributed by atoms with Gasteiger partial charge in [0, 0.05) is 69.7 Å². The van der Waals surface area contributed by atoms with E-state index in [1.54, 1.807) is 42.3 Å². The molecular weight excluding hydrogens is 506 g/mol. The summed E-state index contributed by atoms with van der Waals surface area (Å²) >= 11 is 0. The monoisotopic (exact) mass is 537 g/mol. The van der Waals surface area contributed by atoms with Crippen LogP contribution in [0, 0.1) is 24.2 Å². The topological polar surface area (TPSA) is 111 Å². The van der Waals surface area contributed by atoms with Crippen LogP contribution in [0.25, 0.3) is 0 Å². The number of nitrogens with zero attached hydrogens (tertiary/aromatic N) is 5. The fourth-order valence-corrected chi connectivity index (χ4v) is 6.47. The van der Waals surface area contributed by atoms with E-state index in [-0.39, 0.29) is 36.1 Å². The number of benzene rings is 2. The van der Waals surface area contributed by atoms with Crippen molar-refractivity contribution in [2.75, 3.05) is 36.0 Å². The lowest BCUT2D eigenvalue weighted by Gasteiger charge is -2.39. The van der Waals surface area contributed by atoms with E-state index in [9.17, 15) is 19.6 Å². The van der Waals surface area contributed by atoms with Crippen molar-refractivity contribution in [2.45, 2.75) is 44.9 Å². The smallest absolute Gasteiger partial charge is 0.232 e. The summed E-state index contributed by atoms with van der Waals surface area (Å²) in [4.78, 5) is 48.7. The van der Waals surface area contributed by atoms with Gasteiger partial charge in [-0.25, -0.2) is 4.98 Å². The molecule has 3 amide bonds. The number of carbonyl (C=O) groups is 3. The molecule has 40 heavy (non-hydrogen) atoms. The molecule has 4 heterocycles. The third-order valence-electron chi connectivity index (χ3n) is 8.62. The first-order chi connectivity index (χ1) is 19.3. The molecule has 0 radical (unpaired) electrons. The SMILES string of the molecule is CC(=O)N1CCC2(CC1)CN(C(=O)[C@H]1CC(=O)N(c3cccc(C#N)c3)C1)c1ccc(Cc3cnc(C)o3)cc12. The standard InChI is InChI=1S/C31H31N5O4/c1-20-33-17-26(40-20)13-22-6-7-28-27(14-22)31(8-10-34(11-9-31)21(2)37)19-36(28)30(39)24-15-29(38)35(18-24)25-5-3-4-23(12-25)16-32/h3-7,12,14,17,24H,8-11,13,15,18-19H2,1-2H3/t24-/m0/s1. The van der Waals surface area contributed by atoms with Crippen molar-refractivity contribution in [1.29, 1.82) is 5.26 Å². The first-order valence-corrected chi connectivity index (χ1v) is 13.7. The van der Waals surface area contributed by atoms with Gasteiger partial charge < -0.3 is 19.1 Å². The molecule has 3 aliphatic heterocycles. The number of hydrogen-bond donors (Lipinski definition) is 0. The van der Waals surface area contributed by atoms with Gasteiger partial charge in [-0.2, -0.15) is 5.26 Å². The molecule has 2 aromatic carbocycles. The molecule has 0 aliphatic carbocycles. The molecule has 0 unspecified atom stereocenters. The Morgan fingerprint density at radius 3 is 2.67 bits per heavy atom. The van der Waals surface area contributed by atoms with Crippen LogP contribution in [0.2, 0.25) is 0 Å². The highest BCUT2D eigenvalue weighted by Gasteiger charge is 2.49. The van der Waals surface area contributed by atoms with Crippen LogP contribution in [0.1, 0.15) is 54.5 Å². The molecule has 3 aliphatic rings. The fraction of sp³-hybridized carbons (Fsp3) is 0.387. The molecule has 9 heteroatoms. The summed E-state index contributed by atoms with van der Waals surface area (Å²) in [6, 6.07) is 15.3. The zero-order valence-electron chi connectivity index (χ0n) is 22.7. The molecule has 1 aromatic heterocycles. The number of amides is 3. The second-order valence-corrected chi connectivity index (χ2v) is 11.2. The quantitative estimate of drug-likeness (QED) is 0.502. The molecular formula is C31H31N5O4. The number of aromatic nitrogens is 1. The molecule has 9 nitrogen and oxygen atoms in total. The van der Waals surface area contributed by atoms with E-state index < -0.39 is 5.92 Å². The number of anilines is 2. The maximum atomic E-state index is 14.0. The maximum absolute atomic E-state index is 14.0. The highest BCUT2D eigenvalue weighted by atomic mass is 16.4. The first-order valence-electron chi connectivity index (χ1n) is 13.7. The molecule has 6 rings (SSSR count). The van der Waals surface area contributed by atoms with E-state index >= 15 is 0 Å². The molecule has 2 fully saturated rings. The highest BCUT2D eigenvalue weighted by Crippen LogP contribution is 2.48. The van der Waals surface area contributed by atoms with Crippen LogP contribution in [0.4, 0.5) is 11.4 Å². The number of oxazole rings is 1. The van der Waals surface area contributed by atoms with Crippen LogP contribution in [0.5, 0.6) is 0 Å². The predicted octanol–water partition coefficient (Wildman–Crippen LogP) is 3.73. The van der Waals surface area contributed by atoms with Crippen LogP contribution in [-0.2, 0) is 26.2 Å². The van der Waals surface area contributed by atoms with Gasteiger partial charge in [0.15, 0.2) is 5.89 Å². The molecule has 1 spiro atoms. The van der Waals surface area contributed by atoms with Gasteiger partial charge in [0.25, 0.3) is 0 Å². The normalized spacial score (nSPS) is 19.7. The van der Waals surface area contributed by atoms with Crippen LogP contribution in [-0.4, -0.2) is 53.8 Å². The van der Waals surface area contributed by atoms with E-state index in [1.807, 2.05) is 28.9 Å². The van der Waals surface area contributed by atoms with Gasteiger partial charge in [0.2, 0.25) is 17.7 Å². The van der Waals surface area contributed by atoms with Crippen LogP contribution >= 0.6 is 0 Å².